The molecule has 2 aliphatic rings. The average molecular weight is 552 g/mol. The number of nitrogens with one attached hydrogen (secondary N) is 2. The number of amides is 1. The van der Waals surface area contributed by atoms with E-state index in [-0.39, 0.29) is 22.4 Å². The van der Waals surface area contributed by atoms with Gasteiger partial charge in [0.25, 0.3) is 5.91 Å². The number of thiophene rings is 1. The first-order chi connectivity index (χ1) is 17.7. The minimum Gasteiger partial charge on any atom is -0.383 e. The van der Waals surface area contributed by atoms with Crippen molar-refractivity contribution in [2.75, 3.05) is 38.7 Å². The smallest absolute Gasteiger partial charge is 0.383 e. The van der Waals surface area contributed by atoms with Gasteiger partial charge < -0.3 is 20.3 Å². The fraction of sp³-hybridized carbons (Fsp3) is 0.400. The molecular weight excluding hydrogens is 527 g/mol. The van der Waals surface area contributed by atoms with E-state index in [1.165, 1.54) is 17.4 Å². The lowest BCUT2D eigenvalue weighted by molar-refractivity contribution is -0.137. The summed E-state index contributed by atoms with van der Waals surface area (Å²) in [5.41, 5.74) is 1.91. The van der Waals surface area contributed by atoms with Crippen molar-refractivity contribution < 1.29 is 22.7 Å². The van der Waals surface area contributed by atoms with Crippen molar-refractivity contribution in [2.45, 2.75) is 32.0 Å². The van der Waals surface area contributed by atoms with Crippen LogP contribution in [-0.4, -0.2) is 54.1 Å². The topological polar surface area (TPSA) is 79.4 Å². The van der Waals surface area contributed by atoms with Gasteiger partial charge in [0.1, 0.15) is 5.56 Å². The predicted octanol–water partition coefficient (Wildman–Crippen LogP) is 5.30. The van der Waals surface area contributed by atoms with Crippen LogP contribution in [0.5, 0.6) is 0 Å². The Morgan fingerprint density at radius 3 is 2.86 bits per heavy atom. The van der Waals surface area contributed by atoms with E-state index in [4.69, 9.17) is 16.3 Å². The van der Waals surface area contributed by atoms with Crippen LogP contribution < -0.4 is 10.6 Å². The highest BCUT2D eigenvalue weighted by Crippen LogP contribution is 2.41. The standard InChI is InChI=1S/C25H25ClF3N5O2S/c1-36-8-7-34-6-2-3-20-16(23(34)35)11-21(37-20)22-17(25(27,28)29)13-31-24(33-22)32-19-10-14-4-5-30-12-15(14)9-18(19)26/h9-11,13,30H,2-8,12H2,1H3,(H,31,32,33). The van der Waals surface area contributed by atoms with Crippen molar-refractivity contribution in [3.63, 3.8) is 0 Å². The van der Waals surface area contributed by atoms with E-state index < -0.39 is 11.7 Å². The number of hydrogen-bond acceptors (Lipinski definition) is 7. The zero-order chi connectivity index (χ0) is 26.2. The van der Waals surface area contributed by atoms with Crippen LogP contribution in [0, 0.1) is 0 Å². The fourth-order valence-electron chi connectivity index (χ4n) is 4.59. The molecule has 12 heteroatoms. The van der Waals surface area contributed by atoms with Crippen molar-refractivity contribution in [3.8, 4) is 10.6 Å². The Labute approximate surface area is 221 Å². The van der Waals surface area contributed by atoms with Gasteiger partial charge in [-0.25, -0.2) is 9.97 Å². The SMILES string of the molecule is COCCN1CCCc2sc(-c3nc(Nc4cc5c(cc4Cl)CNCC5)ncc3C(F)(F)F)cc2C1=O. The molecule has 0 aliphatic carbocycles. The maximum atomic E-state index is 14.0. The van der Waals surface area contributed by atoms with Crippen LogP contribution in [0.1, 0.15) is 38.3 Å². The molecule has 2 N–H and O–H groups in total. The summed E-state index contributed by atoms with van der Waals surface area (Å²) in [4.78, 5) is 24.0. The van der Waals surface area contributed by atoms with Crippen LogP contribution >= 0.6 is 22.9 Å². The van der Waals surface area contributed by atoms with Gasteiger partial charge in [0, 0.05) is 37.8 Å². The molecule has 37 heavy (non-hydrogen) atoms. The van der Waals surface area contributed by atoms with Gasteiger partial charge in [0.05, 0.1) is 33.5 Å². The molecule has 2 aromatic heterocycles. The second-order valence-electron chi connectivity index (χ2n) is 8.94. The molecule has 0 saturated carbocycles. The summed E-state index contributed by atoms with van der Waals surface area (Å²) in [5, 5.41) is 6.70. The minimum atomic E-state index is -4.67. The minimum absolute atomic E-state index is 0.00423. The number of fused-ring (bicyclic) bond motifs is 2. The number of alkyl halides is 3. The number of hydrogen-bond donors (Lipinski definition) is 2. The van der Waals surface area contributed by atoms with Crippen molar-refractivity contribution >= 4 is 40.5 Å². The normalized spacial score (nSPS) is 15.8. The third kappa shape index (κ3) is 5.45. The van der Waals surface area contributed by atoms with Crippen LogP contribution in [0.15, 0.2) is 24.4 Å². The van der Waals surface area contributed by atoms with Crippen molar-refractivity contribution in [3.05, 3.63) is 56.5 Å². The Bertz CT molecular complexity index is 1330. The van der Waals surface area contributed by atoms with Crippen LogP contribution in [-0.2, 0) is 30.3 Å². The molecule has 1 amide bonds. The molecule has 4 heterocycles. The van der Waals surface area contributed by atoms with Gasteiger partial charge in [-0.15, -0.1) is 11.3 Å². The van der Waals surface area contributed by atoms with E-state index in [1.807, 2.05) is 12.1 Å². The first kappa shape index (κ1) is 25.9. The molecule has 3 aromatic rings. The van der Waals surface area contributed by atoms with Gasteiger partial charge in [0.2, 0.25) is 5.95 Å². The van der Waals surface area contributed by atoms with Gasteiger partial charge in [0.15, 0.2) is 0 Å². The number of halogens is 4. The number of carbonyl (C=O) groups excluding carboxylic acids is 1. The molecule has 7 nitrogen and oxygen atoms in total. The van der Waals surface area contributed by atoms with Gasteiger partial charge in [-0.1, -0.05) is 11.6 Å². The monoisotopic (exact) mass is 551 g/mol. The molecule has 2 aliphatic heterocycles. The summed E-state index contributed by atoms with van der Waals surface area (Å²) >= 11 is 7.62. The summed E-state index contributed by atoms with van der Waals surface area (Å²) in [7, 11) is 1.56. The number of ether oxygens (including phenoxy) is 1. The Balaban J connectivity index is 1.51. The van der Waals surface area contributed by atoms with Gasteiger partial charge >= 0.3 is 6.18 Å². The maximum Gasteiger partial charge on any atom is 0.420 e. The van der Waals surface area contributed by atoms with E-state index in [1.54, 1.807) is 12.0 Å². The van der Waals surface area contributed by atoms with Crippen molar-refractivity contribution in [1.29, 1.82) is 0 Å². The van der Waals surface area contributed by atoms with Gasteiger partial charge in [-0.2, -0.15) is 13.2 Å². The Morgan fingerprint density at radius 1 is 1.24 bits per heavy atom. The fourth-order valence-corrected chi connectivity index (χ4v) is 6.02. The number of anilines is 2. The highest BCUT2D eigenvalue weighted by molar-refractivity contribution is 7.15. The molecule has 0 saturated heterocycles. The van der Waals surface area contributed by atoms with Crippen LogP contribution in [0.25, 0.3) is 10.6 Å². The van der Waals surface area contributed by atoms with E-state index in [2.05, 4.69) is 20.6 Å². The van der Waals surface area contributed by atoms with Crippen LogP contribution in [0.3, 0.4) is 0 Å². The number of aromatic nitrogens is 2. The molecule has 0 unspecified atom stereocenters. The molecular formula is C25H25ClF3N5O2S. The van der Waals surface area contributed by atoms with Crippen LogP contribution in [0.2, 0.25) is 5.02 Å². The third-order valence-electron chi connectivity index (χ3n) is 6.47. The van der Waals surface area contributed by atoms with Gasteiger partial charge in [-0.3, -0.25) is 4.79 Å². The summed E-state index contributed by atoms with van der Waals surface area (Å²) in [6, 6.07) is 5.25. The lowest BCUT2D eigenvalue weighted by Gasteiger charge is -2.20. The summed E-state index contributed by atoms with van der Waals surface area (Å²) in [6.45, 7) is 2.93. The van der Waals surface area contributed by atoms with E-state index in [0.29, 0.717) is 48.9 Å². The molecule has 0 fully saturated rings. The largest absolute Gasteiger partial charge is 0.420 e. The number of methoxy groups -OCH3 is 1. The van der Waals surface area contributed by atoms with E-state index in [9.17, 15) is 18.0 Å². The van der Waals surface area contributed by atoms with Crippen LogP contribution in [0.4, 0.5) is 24.8 Å². The Hall–Kier alpha value is -2.73. The number of benzene rings is 1. The van der Waals surface area contributed by atoms with Crippen molar-refractivity contribution in [2.24, 2.45) is 0 Å². The maximum absolute atomic E-state index is 14.0. The first-order valence-corrected chi connectivity index (χ1v) is 13.1. The van der Waals surface area contributed by atoms with Crippen molar-refractivity contribution in [1.82, 2.24) is 20.2 Å². The summed E-state index contributed by atoms with van der Waals surface area (Å²) < 4.78 is 47.0. The second-order valence-corrected chi connectivity index (χ2v) is 10.5. The Morgan fingerprint density at radius 2 is 2.08 bits per heavy atom. The molecule has 0 spiro atoms. The molecule has 5 rings (SSSR count). The highest BCUT2D eigenvalue weighted by Gasteiger charge is 2.37. The third-order valence-corrected chi connectivity index (χ3v) is 7.99. The number of rotatable bonds is 6. The van der Waals surface area contributed by atoms with E-state index >= 15 is 0 Å². The summed E-state index contributed by atoms with van der Waals surface area (Å²) in [5.74, 6) is -0.209. The van der Waals surface area contributed by atoms with Gasteiger partial charge in [-0.05, 0) is 55.1 Å². The second kappa shape index (κ2) is 10.6. The molecule has 0 bridgehead atoms. The lowest BCUT2D eigenvalue weighted by Crippen LogP contribution is -2.33. The zero-order valence-electron chi connectivity index (χ0n) is 20.0. The number of carbonyl (C=O) groups is 1. The highest BCUT2D eigenvalue weighted by atomic mass is 35.5. The summed E-state index contributed by atoms with van der Waals surface area (Å²) in [6.07, 6.45) is -1.75. The first-order valence-electron chi connectivity index (χ1n) is 11.9. The average Bonchev–Trinajstić information content (AvgIpc) is 3.23. The van der Waals surface area contributed by atoms with E-state index in [0.717, 1.165) is 41.6 Å². The Kier molecular flexibility index (Phi) is 7.39. The lowest BCUT2D eigenvalue weighted by atomic mass is 10.0. The number of aryl methyl sites for hydroxylation is 1. The quantitative estimate of drug-likeness (QED) is 0.433. The molecule has 0 radical (unpaired) electrons. The number of nitrogens with zero attached hydrogens (tertiary/aromatic N) is 3. The molecule has 0 atom stereocenters. The predicted molar refractivity (Wildman–Crippen MR) is 137 cm³/mol. The zero-order valence-corrected chi connectivity index (χ0v) is 21.6. The molecule has 1 aromatic carbocycles. The molecule has 196 valence electrons.